The molecule has 0 atom stereocenters. The second kappa shape index (κ2) is 7.70. The molecule has 25 heavy (non-hydrogen) atoms. The normalized spacial score (nSPS) is 11.9. The highest BCUT2D eigenvalue weighted by Gasteiger charge is 2.16. The first-order chi connectivity index (χ1) is 12.1. The van der Waals surface area contributed by atoms with E-state index < -0.39 is 0 Å². The van der Waals surface area contributed by atoms with Gasteiger partial charge in [0.1, 0.15) is 0 Å². The van der Waals surface area contributed by atoms with Crippen molar-refractivity contribution >= 4 is 17.5 Å². The van der Waals surface area contributed by atoms with Crippen LogP contribution in [-0.2, 0) is 16.0 Å². The Bertz CT molecular complexity index is 761. The molecule has 0 unspecified atom stereocenters. The first kappa shape index (κ1) is 16.8. The van der Waals surface area contributed by atoms with Gasteiger partial charge in [-0.15, -0.1) is 0 Å². The van der Waals surface area contributed by atoms with E-state index in [0.29, 0.717) is 30.2 Å². The van der Waals surface area contributed by atoms with Crippen LogP contribution in [0.2, 0.25) is 0 Å². The smallest absolute Gasteiger partial charge is 0.243 e. The standard InChI is InChI=1S/C19H20N2O4/c1-14(22)21(10-9-15-5-3-2-4-6-15)12-19(23)20-16-7-8-17-18(11-16)25-13-24-17/h2-8,11H,9-10,12-13H2,1H3,(H,20,23). The third kappa shape index (κ3) is 4.50. The van der Waals surface area contributed by atoms with E-state index in [9.17, 15) is 9.59 Å². The Morgan fingerprint density at radius 1 is 1.08 bits per heavy atom. The van der Waals surface area contributed by atoms with Crippen molar-refractivity contribution < 1.29 is 19.1 Å². The van der Waals surface area contributed by atoms with Crippen LogP contribution < -0.4 is 14.8 Å². The molecule has 2 aromatic carbocycles. The van der Waals surface area contributed by atoms with Crippen molar-refractivity contribution in [3.63, 3.8) is 0 Å². The van der Waals surface area contributed by atoms with Crippen LogP contribution in [0.1, 0.15) is 12.5 Å². The molecule has 6 nitrogen and oxygen atoms in total. The van der Waals surface area contributed by atoms with E-state index in [1.165, 1.54) is 11.8 Å². The molecule has 0 saturated heterocycles. The number of carbonyl (C=O) groups excluding carboxylic acids is 2. The fourth-order valence-electron chi connectivity index (χ4n) is 2.60. The van der Waals surface area contributed by atoms with Gasteiger partial charge >= 0.3 is 0 Å². The van der Waals surface area contributed by atoms with Crippen molar-refractivity contribution in [2.75, 3.05) is 25.2 Å². The summed E-state index contributed by atoms with van der Waals surface area (Å²) >= 11 is 0. The van der Waals surface area contributed by atoms with Crippen LogP contribution in [0.5, 0.6) is 11.5 Å². The van der Waals surface area contributed by atoms with E-state index in [4.69, 9.17) is 9.47 Å². The molecule has 1 aliphatic heterocycles. The van der Waals surface area contributed by atoms with E-state index in [2.05, 4.69) is 5.32 Å². The van der Waals surface area contributed by atoms with Gasteiger partial charge in [0.2, 0.25) is 18.6 Å². The summed E-state index contributed by atoms with van der Waals surface area (Å²) in [6.07, 6.45) is 0.706. The fraction of sp³-hybridized carbons (Fsp3) is 0.263. The van der Waals surface area contributed by atoms with Gasteiger partial charge in [0, 0.05) is 25.2 Å². The number of nitrogens with zero attached hydrogens (tertiary/aromatic N) is 1. The zero-order valence-electron chi connectivity index (χ0n) is 14.0. The first-order valence-electron chi connectivity index (χ1n) is 8.11. The molecule has 1 N–H and O–H groups in total. The molecular formula is C19H20N2O4. The van der Waals surface area contributed by atoms with Crippen molar-refractivity contribution in [3.05, 3.63) is 54.1 Å². The van der Waals surface area contributed by atoms with Crippen molar-refractivity contribution in [1.29, 1.82) is 0 Å². The SMILES string of the molecule is CC(=O)N(CCc1ccccc1)CC(=O)Nc1ccc2c(c1)OCO2. The summed E-state index contributed by atoms with van der Waals surface area (Å²) in [6.45, 7) is 2.16. The summed E-state index contributed by atoms with van der Waals surface area (Å²) in [5, 5.41) is 2.79. The molecule has 6 heteroatoms. The summed E-state index contributed by atoms with van der Waals surface area (Å²) in [5.41, 5.74) is 1.74. The third-order valence-corrected chi connectivity index (χ3v) is 3.95. The lowest BCUT2D eigenvalue weighted by Crippen LogP contribution is -2.37. The van der Waals surface area contributed by atoms with Gasteiger partial charge in [-0.3, -0.25) is 9.59 Å². The highest BCUT2D eigenvalue weighted by atomic mass is 16.7. The first-order valence-corrected chi connectivity index (χ1v) is 8.11. The number of nitrogens with one attached hydrogen (secondary N) is 1. The molecule has 2 amide bonds. The van der Waals surface area contributed by atoms with E-state index in [0.717, 1.165) is 5.56 Å². The Hall–Kier alpha value is -3.02. The molecular weight excluding hydrogens is 320 g/mol. The van der Waals surface area contributed by atoms with Crippen LogP contribution in [0.4, 0.5) is 5.69 Å². The second-order valence-electron chi connectivity index (χ2n) is 5.79. The van der Waals surface area contributed by atoms with Crippen LogP contribution in [0.3, 0.4) is 0 Å². The Kier molecular flexibility index (Phi) is 5.18. The maximum Gasteiger partial charge on any atom is 0.243 e. The molecule has 0 aromatic heterocycles. The number of carbonyl (C=O) groups is 2. The average Bonchev–Trinajstić information content (AvgIpc) is 3.07. The Labute approximate surface area is 146 Å². The zero-order chi connectivity index (χ0) is 17.6. The minimum atomic E-state index is -0.248. The van der Waals surface area contributed by atoms with Crippen LogP contribution in [-0.4, -0.2) is 36.6 Å². The minimum Gasteiger partial charge on any atom is -0.454 e. The number of rotatable bonds is 6. The third-order valence-electron chi connectivity index (χ3n) is 3.95. The molecule has 0 fully saturated rings. The lowest BCUT2D eigenvalue weighted by atomic mass is 10.1. The van der Waals surface area contributed by atoms with Crippen molar-refractivity contribution in [2.45, 2.75) is 13.3 Å². The maximum atomic E-state index is 12.3. The number of hydrogen-bond donors (Lipinski definition) is 1. The number of anilines is 1. The topological polar surface area (TPSA) is 67.9 Å². The molecule has 0 radical (unpaired) electrons. The summed E-state index contributed by atoms with van der Waals surface area (Å²) in [7, 11) is 0. The van der Waals surface area contributed by atoms with Gasteiger partial charge in [-0.05, 0) is 24.1 Å². The average molecular weight is 340 g/mol. The van der Waals surface area contributed by atoms with Gasteiger partial charge in [0.25, 0.3) is 0 Å². The molecule has 2 aromatic rings. The highest BCUT2D eigenvalue weighted by Crippen LogP contribution is 2.34. The Balaban J connectivity index is 1.56. The number of benzene rings is 2. The molecule has 0 aliphatic carbocycles. The van der Waals surface area contributed by atoms with Gasteiger partial charge in [-0.1, -0.05) is 30.3 Å². The van der Waals surface area contributed by atoms with E-state index >= 15 is 0 Å². The van der Waals surface area contributed by atoms with Gasteiger partial charge < -0.3 is 19.7 Å². The number of amides is 2. The van der Waals surface area contributed by atoms with Crippen LogP contribution >= 0.6 is 0 Å². The van der Waals surface area contributed by atoms with Gasteiger partial charge in [0.05, 0.1) is 6.54 Å². The maximum absolute atomic E-state index is 12.3. The van der Waals surface area contributed by atoms with Crippen LogP contribution in [0.25, 0.3) is 0 Å². The molecule has 1 aliphatic rings. The van der Waals surface area contributed by atoms with E-state index in [1.807, 2.05) is 30.3 Å². The predicted octanol–water partition coefficient (Wildman–Crippen LogP) is 2.45. The highest BCUT2D eigenvalue weighted by molar-refractivity contribution is 5.94. The molecule has 0 bridgehead atoms. The number of ether oxygens (including phenoxy) is 2. The fourth-order valence-corrected chi connectivity index (χ4v) is 2.60. The summed E-state index contributed by atoms with van der Waals surface area (Å²) in [5.74, 6) is 0.885. The van der Waals surface area contributed by atoms with Gasteiger partial charge in [-0.25, -0.2) is 0 Å². The Morgan fingerprint density at radius 3 is 2.60 bits per heavy atom. The predicted molar refractivity (Wildman–Crippen MR) is 93.6 cm³/mol. The summed E-state index contributed by atoms with van der Waals surface area (Å²) in [4.78, 5) is 25.6. The van der Waals surface area contributed by atoms with E-state index in [1.54, 1.807) is 18.2 Å². The van der Waals surface area contributed by atoms with Gasteiger partial charge in [-0.2, -0.15) is 0 Å². The van der Waals surface area contributed by atoms with Crippen LogP contribution in [0.15, 0.2) is 48.5 Å². The second-order valence-corrected chi connectivity index (χ2v) is 5.79. The van der Waals surface area contributed by atoms with Crippen molar-refractivity contribution in [2.24, 2.45) is 0 Å². The lowest BCUT2D eigenvalue weighted by molar-refractivity contribution is -0.132. The molecule has 130 valence electrons. The monoisotopic (exact) mass is 340 g/mol. The number of fused-ring (bicyclic) bond motifs is 1. The van der Waals surface area contributed by atoms with E-state index in [-0.39, 0.29) is 25.2 Å². The van der Waals surface area contributed by atoms with Crippen molar-refractivity contribution in [1.82, 2.24) is 4.90 Å². The molecule has 1 heterocycles. The van der Waals surface area contributed by atoms with Crippen molar-refractivity contribution in [3.8, 4) is 11.5 Å². The Morgan fingerprint density at radius 2 is 1.84 bits per heavy atom. The molecule has 0 saturated carbocycles. The molecule has 0 spiro atoms. The quantitative estimate of drug-likeness (QED) is 0.877. The largest absolute Gasteiger partial charge is 0.454 e. The minimum absolute atomic E-state index is 0.0105. The van der Waals surface area contributed by atoms with Gasteiger partial charge in [0.15, 0.2) is 11.5 Å². The summed E-state index contributed by atoms with van der Waals surface area (Å²) in [6, 6.07) is 15.1. The number of hydrogen-bond acceptors (Lipinski definition) is 4. The zero-order valence-corrected chi connectivity index (χ0v) is 14.0. The molecule has 3 rings (SSSR count). The summed E-state index contributed by atoms with van der Waals surface area (Å²) < 4.78 is 10.5. The van der Waals surface area contributed by atoms with Crippen LogP contribution in [0, 0.1) is 0 Å². The lowest BCUT2D eigenvalue weighted by Gasteiger charge is -2.20.